The van der Waals surface area contributed by atoms with E-state index in [0.29, 0.717) is 0 Å². The van der Waals surface area contributed by atoms with Gasteiger partial charge in [-0.05, 0) is 72.0 Å². The van der Waals surface area contributed by atoms with Gasteiger partial charge in [0.25, 0.3) is 0 Å². The lowest BCUT2D eigenvalue weighted by atomic mass is 10.7. The molecule has 0 aromatic rings. The smallest absolute Gasteiger partial charge is 0.217 e. The van der Waals surface area contributed by atoms with Gasteiger partial charge in [-0.3, -0.25) is 0 Å². The van der Waals surface area contributed by atoms with Crippen LogP contribution >= 0.6 is 0 Å². The molecule has 0 fully saturated rings. The second kappa shape index (κ2) is 10.7. The SMILES string of the molecule is C=C[Si](C)(N(CC)CC)N([Si](C)(C)N(CC)CC)[Si](C)(C)N(CC)CC. The van der Waals surface area contributed by atoms with Gasteiger partial charge in [-0.15, -0.1) is 6.58 Å². The quantitative estimate of drug-likeness (QED) is 0.409. The number of hydrogen-bond acceptors (Lipinski definition) is 4. The van der Waals surface area contributed by atoms with Crippen LogP contribution in [0, 0.1) is 0 Å². The second-order valence-electron chi connectivity index (χ2n) is 8.14. The van der Waals surface area contributed by atoms with Crippen LogP contribution < -0.4 is 0 Å². The number of hydrogen-bond donors (Lipinski definition) is 0. The Kier molecular flexibility index (Phi) is 10.8. The van der Waals surface area contributed by atoms with Crippen LogP contribution in [0.15, 0.2) is 12.3 Å². The van der Waals surface area contributed by atoms with Crippen molar-refractivity contribution in [2.75, 3.05) is 39.3 Å². The van der Waals surface area contributed by atoms with Crippen molar-refractivity contribution in [2.24, 2.45) is 0 Å². The molecule has 1 unspecified atom stereocenters. The molecular weight excluding hydrogens is 368 g/mol. The molecule has 0 heterocycles. The van der Waals surface area contributed by atoms with Gasteiger partial charge >= 0.3 is 0 Å². The van der Waals surface area contributed by atoms with E-state index in [1.165, 1.54) is 0 Å². The third kappa shape index (κ3) is 4.98. The fourth-order valence-electron chi connectivity index (χ4n) is 5.28. The van der Waals surface area contributed by atoms with Crippen LogP contribution in [0.4, 0.5) is 0 Å². The normalized spacial score (nSPS) is 16.0. The summed E-state index contributed by atoms with van der Waals surface area (Å²) in [6.45, 7) is 37.9. The van der Waals surface area contributed by atoms with E-state index < -0.39 is 25.2 Å². The average Bonchev–Trinajstić information content (AvgIpc) is 2.56. The zero-order valence-electron chi connectivity index (χ0n) is 19.8. The van der Waals surface area contributed by atoms with Crippen LogP contribution in [-0.4, -0.2) is 82.1 Å². The Morgan fingerprint density at radius 1 is 0.577 bits per heavy atom. The van der Waals surface area contributed by atoms with Crippen molar-refractivity contribution in [3.05, 3.63) is 12.3 Å². The Morgan fingerprint density at radius 3 is 1.04 bits per heavy atom. The fraction of sp³-hybridized carbons (Fsp3) is 0.895. The molecule has 0 aliphatic carbocycles. The molecule has 0 saturated heterocycles. The lowest BCUT2D eigenvalue weighted by Gasteiger charge is -2.61. The van der Waals surface area contributed by atoms with Crippen molar-refractivity contribution >= 4 is 25.2 Å². The summed E-state index contributed by atoms with van der Waals surface area (Å²) in [7, 11) is -5.59. The Balaban J connectivity index is 6.66. The number of rotatable bonds is 13. The molecule has 26 heavy (non-hydrogen) atoms. The molecule has 0 spiro atoms. The summed E-state index contributed by atoms with van der Waals surface area (Å²) in [4.78, 5) is 0. The predicted molar refractivity (Wildman–Crippen MR) is 127 cm³/mol. The van der Waals surface area contributed by atoms with Crippen molar-refractivity contribution in [2.45, 2.75) is 74.3 Å². The lowest BCUT2D eigenvalue weighted by molar-refractivity contribution is 0.384. The molecule has 1 atom stereocenters. The molecule has 7 heteroatoms. The van der Waals surface area contributed by atoms with E-state index in [1.807, 2.05) is 0 Å². The summed E-state index contributed by atoms with van der Waals surface area (Å²) < 4.78 is 11.4. The molecule has 0 N–H and O–H groups in total. The van der Waals surface area contributed by atoms with E-state index in [9.17, 15) is 0 Å². The van der Waals surface area contributed by atoms with E-state index in [-0.39, 0.29) is 0 Å². The third-order valence-corrected chi connectivity index (χ3v) is 25.8. The Hall–Kier alpha value is 0.231. The predicted octanol–water partition coefficient (Wildman–Crippen LogP) is 4.51. The van der Waals surface area contributed by atoms with Gasteiger partial charge in [0, 0.05) is 0 Å². The van der Waals surface area contributed by atoms with Gasteiger partial charge in [0.15, 0.2) is 16.8 Å². The summed E-state index contributed by atoms with van der Waals surface area (Å²) >= 11 is 0. The maximum Gasteiger partial charge on any atom is 0.217 e. The van der Waals surface area contributed by atoms with Crippen molar-refractivity contribution in [3.63, 3.8) is 0 Å². The highest BCUT2D eigenvalue weighted by Gasteiger charge is 2.56. The minimum absolute atomic E-state index is 1.10. The summed E-state index contributed by atoms with van der Waals surface area (Å²) in [5, 5.41) is 0. The second-order valence-corrected chi connectivity index (χ2v) is 21.3. The molecule has 0 aromatic heterocycles. The molecule has 0 bridgehead atoms. The minimum Gasteiger partial charge on any atom is -0.328 e. The first kappa shape index (κ1) is 26.2. The van der Waals surface area contributed by atoms with Gasteiger partial charge in [-0.1, -0.05) is 47.2 Å². The van der Waals surface area contributed by atoms with Crippen LogP contribution in [0.2, 0.25) is 32.7 Å². The standard InChI is InChI=1S/C19H48N4Si3/c1-13-20(14-2)24(8,9)23(25(10,11)21(15-3)16-4)26(12,19-7)22(17-5)18-6/h19H,7,13-18H2,1-6,8-12H3. The minimum atomic E-state index is -1.97. The molecule has 4 nitrogen and oxygen atoms in total. The van der Waals surface area contributed by atoms with E-state index >= 15 is 0 Å². The first-order chi connectivity index (χ1) is 12.0. The highest BCUT2D eigenvalue weighted by atomic mass is 28.5. The molecule has 0 aromatic carbocycles. The highest BCUT2D eigenvalue weighted by molar-refractivity contribution is 7.04. The van der Waals surface area contributed by atoms with Crippen LogP contribution in [0.5, 0.6) is 0 Å². The summed E-state index contributed by atoms with van der Waals surface area (Å²) in [6.07, 6.45) is 0. The first-order valence-corrected chi connectivity index (χ1v) is 18.9. The van der Waals surface area contributed by atoms with E-state index in [2.05, 4.69) is 104 Å². The molecule has 0 aliphatic heterocycles. The maximum atomic E-state index is 4.41. The van der Waals surface area contributed by atoms with Gasteiger partial charge in [0.2, 0.25) is 8.40 Å². The van der Waals surface area contributed by atoms with E-state index in [0.717, 1.165) is 39.3 Å². The van der Waals surface area contributed by atoms with Crippen LogP contribution in [0.1, 0.15) is 41.5 Å². The molecule has 0 amide bonds. The summed E-state index contributed by atoms with van der Waals surface area (Å²) in [6, 6.07) is 0. The molecule has 0 saturated carbocycles. The molecular formula is C19H48N4Si3. The molecule has 0 rings (SSSR count). The highest BCUT2D eigenvalue weighted by Crippen LogP contribution is 2.33. The topological polar surface area (TPSA) is 13.0 Å². The van der Waals surface area contributed by atoms with Crippen molar-refractivity contribution in [1.82, 2.24) is 17.6 Å². The zero-order valence-corrected chi connectivity index (χ0v) is 22.8. The van der Waals surface area contributed by atoms with Crippen LogP contribution in [0.25, 0.3) is 0 Å². The van der Waals surface area contributed by atoms with E-state index in [1.54, 1.807) is 0 Å². The first-order valence-electron chi connectivity index (χ1n) is 10.7. The average molecular weight is 417 g/mol. The van der Waals surface area contributed by atoms with Crippen molar-refractivity contribution < 1.29 is 0 Å². The summed E-state index contributed by atoms with van der Waals surface area (Å²) in [5.41, 5.74) is 2.36. The number of nitrogens with zero attached hydrogens (tertiary/aromatic N) is 4. The van der Waals surface area contributed by atoms with Gasteiger partial charge in [0.05, 0.1) is 0 Å². The monoisotopic (exact) mass is 416 g/mol. The lowest BCUT2D eigenvalue weighted by Crippen LogP contribution is -2.84. The Bertz CT molecular complexity index is 395. The van der Waals surface area contributed by atoms with Crippen LogP contribution in [0.3, 0.4) is 0 Å². The van der Waals surface area contributed by atoms with Crippen LogP contribution in [-0.2, 0) is 0 Å². The third-order valence-electron chi connectivity index (χ3n) is 6.41. The zero-order chi connectivity index (χ0) is 20.8. The van der Waals surface area contributed by atoms with E-state index in [4.69, 9.17) is 0 Å². The van der Waals surface area contributed by atoms with Crippen molar-refractivity contribution in [3.8, 4) is 0 Å². The Labute approximate surface area is 168 Å². The van der Waals surface area contributed by atoms with Gasteiger partial charge < -0.3 is 17.6 Å². The molecule has 0 aliphatic rings. The summed E-state index contributed by atoms with van der Waals surface area (Å²) in [5.74, 6) is 0. The largest absolute Gasteiger partial charge is 0.328 e. The molecule has 0 radical (unpaired) electrons. The maximum absolute atomic E-state index is 4.41. The van der Waals surface area contributed by atoms with Gasteiger partial charge in [-0.25, -0.2) is 0 Å². The fourth-order valence-corrected chi connectivity index (χ4v) is 28.3. The Morgan fingerprint density at radius 2 is 0.846 bits per heavy atom. The van der Waals surface area contributed by atoms with Gasteiger partial charge in [-0.2, -0.15) is 0 Å². The van der Waals surface area contributed by atoms with Gasteiger partial charge in [0.1, 0.15) is 0 Å². The van der Waals surface area contributed by atoms with Crippen molar-refractivity contribution in [1.29, 1.82) is 0 Å². The molecule has 156 valence electrons.